The smallest absolute Gasteiger partial charge is 0.0189 e. The van der Waals surface area contributed by atoms with Crippen molar-refractivity contribution in [2.75, 3.05) is 0 Å². The maximum Gasteiger partial charge on any atom is 0.0189 e. The molecule has 0 fully saturated rings. The van der Waals surface area contributed by atoms with Crippen molar-refractivity contribution in [3.63, 3.8) is 0 Å². The number of aryl methyl sites for hydroxylation is 4. The molecule has 0 saturated heterocycles. The highest BCUT2D eigenvalue weighted by atomic mass is 32.2. The Morgan fingerprint density at radius 1 is 0.667 bits per heavy atom. The second-order valence-electron chi connectivity index (χ2n) is 5.29. The molecule has 0 amide bonds. The van der Waals surface area contributed by atoms with Crippen LogP contribution >= 0.6 is 11.8 Å². The van der Waals surface area contributed by atoms with Gasteiger partial charge in [0.05, 0.1) is 0 Å². The van der Waals surface area contributed by atoms with Crippen molar-refractivity contribution in [3.8, 4) is 0 Å². The van der Waals surface area contributed by atoms with Crippen molar-refractivity contribution in [3.05, 3.63) is 57.6 Å². The Morgan fingerprint density at radius 3 is 1.50 bits per heavy atom. The monoisotopic (exact) mass is 254 g/mol. The fourth-order valence-electron chi connectivity index (χ4n) is 2.69. The summed E-state index contributed by atoms with van der Waals surface area (Å²) in [5, 5.41) is 0. The minimum absolute atomic E-state index is 1.10. The lowest BCUT2D eigenvalue weighted by atomic mass is 9.94. The normalized spacial score (nSPS) is 13.1. The zero-order valence-corrected chi connectivity index (χ0v) is 12.2. The van der Waals surface area contributed by atoms with Gasteiger partial charge < -0.3 is 0 Å². The first kappa shape index (κ1) is 11.9. The molecule has 1 heterocycles. The van der Waals surface area contributed by atoms with Gasteiger partial charge in [0.15, 0.2) is 0 Å². The lowest BCUT2D eigenvalue weighted by Crippen LogP contribution is -2.06. The van der Waals surface area contributed by atoms with Crippen LogP contribution in [-0.2, 0) is 6.42 Å². The van der Waals surface area contributed by atoms with E-state index in [-0.39, 0.29) is 0 Å². The first-order chi connectivity index (χ1) is 8.58. The molecule has 18 heavy (non-hydrogen) atoms. The molecule has 0 unspecified atom stereocenters. The molecule has 0 radical (unpaired) electrons. The van der Waals surface area contributed by atoms with Crippen LogP contribution in [0.1, 0.15) is 33.4 Å². The third-order valence-corrected chi connectivity index (χ3v) is 5.49. The number of fused-ring (bicyclic) bond motifs is 2. The van der Waals surface area contributed by atoms with Gasteiger partial charge >= 0.3 is 0 Å². The van der Waals surface area contributed by atoms with E-state index in [2.05, 4.69) is 52.0 Å². The van der Waals surface area contributed by atoms with Gasteiger partial charge in [-0.3, -0.25) is 0 Å². The van der Waals surface area contributed by atoms with E-state index in [4.69, 9.17) is 0 Å². The summed E-state index contributed by atoms with van der Waals surface area (Å²) in [5.41, 5.74) is 8.73. The van der Waals surface area contributed by atoms with Gasteiger partial charge in [0, 0.05) is 16.2 Å². The fourth-order valence-corrected chi connectivity index (χ4v) is 4.06. The molecule has 1 aliphatic heterocycles. The summed E-state index contributed by atoms with van der Waals surface area (Å²) < 4.78 is 0. The van der Waals surface area contributed by atoms with Crippen molar-refractivity contribution in [1.29, 1.82) is 0 Å². The molecule has 0 aromatic heterocycles. The minimum Gasteiger partial charge on any atom is -0.0889 e. The quantitative estimate of drug-likeness (QED) is 0.545. The predicted octanol–water partition coefficient (Wildman–Crippen LogP) is 4.98. The van der Waals surface area contributed by atoms with Crippen molar-refractivity contribution < 1.29 is 0 Å². The summed E-state index contributed by atoms with van der Waals surface area (Å²) in [7, 11) is 0. The zero-order chi connectivity index (χ0) is 12.9. The zero-order valence-electron chi connectivity index (χ0n) is 11.4. The second kappa shape index (κ2) is 4.17. The van der Waals surface area contributed by atoms with Crippen LogP contribution in [0.3, 0.4) is 0 Å². The van der Waals surface area contributed by atoms with Crippen LogP contribution in [0.15, 0.2) is 34.1 Å². The van der Waals surface area contributed by atoms with E-state index in [1.54, 1.807) is 0 Å². The predicted molar refractivity (Wildman–Crippen MR) is 78.8 cm³/mol. The highest BCUT2D eigenvalue weighted by Gasteiger charge is 2.21. The molecule has 0 saturated carbocycles. The van der Waals surface area contributed by atoms with Crippen molar-refractivity contribution >= 4 is 11.8 Å². The highest BCUT2D eigenvalue weighted by Crippen LogP contribution is 2.44. The van der Waals surface area contributed by atoms with E-state index in [0.717, 1.165) is 6.42 Å². The van der Waals surface area contributed by atoms with Crippen molar-refractivity contribution in [2.24, 2.45) is 0 Å². The van der Waals surface area contributed by atoms with Gasteiger partial charge in [0.25, 0.3) is 0 Å². The first-order valence-electron chi connectivity index (χ1n) is 6.44. The third-order valence-electron chi connectivity index (χ3n) is 3.94. The molecule has 1 aliphatic rings. The average Bonchev–Trinajstić information content (AvgIpc) is 2.37. The molecule has 0 bridgehead atoms. The number of hydrogen-bond acceptors (Lipinski definition) is 1. The van der Waals surface area contributed by atoms with Crippen LogP contribution < -0.4 is 0 Å². The fraction of sp³-hybridized carbons (Fsp3) is 0.294. The van der Waals surface area contributed by atoms with E-state index in [9.17, 15) is 0 Å². The lowest BCUT2D eigenvalue weighted by molar-refractivity contribution is 0.985. The van der Waals surface area contributed by atoms with Gasteiger partial charge in [-0.15, -0.1) is 0 Å². The number of hydrogen-bond donors (Lipinski definition) is 0. The molecule has 0 spiro atoms. The molecular weight excluding hydrogens is 236 g/mol. The highest BCUT2D eigenvalue weighted by molar-refractivity contribution is 7.99. The second-order valence-corrected chi connectivity index (χ2v) is 6.31. The standard InChI is InChI=1S/C17H18S/c1-10-5-7-12(3)16-14(10)9-15-11(2)6-8-13(4)17(15)18-16/h5-8H,9H2,1-4H3. The molecule has 0 nitrogen and oxygen atoms in total. The van der Waals surface area contributed by atoms with E-state index >= 15 is 0 Å². The lowest BCUT2D eigenvalue weighted by Gasteiger charge is -2.25. The Morgan fingerprint density at radius 2 is 1.06 bits per heavy atom. The topological polar surface area (TPSA) is 0 Å². The van der Waals surface area contributed by atoms with E-state index < -0.39 is 0 Å². The van der Waals surface area contributed by atoms with E-state index in [1.807, 2.05) is 11.8 Å². The first-order valence-corrected chi connectivity index (χ1v) is 7.25. The molecule has 1 heteroatoms. The maximum absolute atomic E-state index is 2.25. The number of benzene rings is 2. The molecule has 92 valence electrons. The van der Waals surface area contributed by atoms with Crippen LogP contribution in [0.5, 0.6) is 0 Å². The molecule has 0 atom stereocenters. The molecular formula is C17H18S. The van der Waals surface area contributed by atoms with Crippen molar-refractivity contribution in [1.82, 2.24) is 0 Å². The Hall–Kier alpha value is -1.21. The van der Waals surface area contributed by atoms with Gasteiger partial charge in [0.1, 0.15) is 0 Å². The van der Waals surface area contributed by atoms with Crippen LogP contribution in [-0.4, -0.2) is 0 Å². The third kappa shape index (κ3) is 1.69. The molecule has 3 rings (SSSR count). The summed E-state index contributed by atoms with van der Waals surface area (Å²) in [4.78, 5) is 2.97. The van der Waals surface area contributed by atoms with Crippen LogP contribution in [0.25, 0.3) is 0 Å². The molecule has 2 aromatic rings. The van der Waals surface area contributed by atoms with Gasteiger partial charge in [-0.05, 0) is 61.1 Å². The van der Waals surface area contributed by atoms with E-state index in [1.165, 1.54) is 43.2 Å². The summed E-state index contributed by atoms with van der Waals surface area (Å²) in [6.45, 7) is 8.91. The molecule has 2 aromatic carbocycles. The van der Waals surface area contributed by atoms with Gasteiger partial charge in [-0.1, -0.05) is 36.0 Å². The number of rotatable bonds is 0. The summed E-state index contributed by atoms with van der Waals surface area (Å²) >= 11 is 1.96. The maximum atomic E-state index is 2.25. The Kier molecular flexibility index (Phi) is 2.74. The summed E-state index contributed by atoms with van der Waals surface area (Å²) in [5.74, 6) is 0. The van der Waals surface area contributed by atoms with Crippen LogP contribution in [0.4, 0.5) is 0 Å². The van der Waals surface area contributed by atoms with E-state index in [0.29, 0.717) is 0 Å². The van der Waals surface area contributed by atoms with Gasteiger partial charge in [-0.2, -0.15) is 0 Å². The summed E-state index contributed by atoms with van der Waals surface area (Å²) in [6.07, 6.45) is 1.10. The minimum atomic E-state index is 1.10. The Balaban J connectivity index is 2.24. The largest absolute Gasteiger partial charge is 0.0889 e. The van der Waals surface area contributed by atoms with Crippen LogP contribution in [0.2, 0.25) is 0 Å². The molecule has 0 N–H and O–H groups in total. The summed E-state index contributed by atoms with van der Waals surface area (Å²) in [6, 6.07) is 9.00. The van der Waals surface area contributed by atoms with Gasteiger partial charge in [0.2, 0.25) is 0 Å². The van der Waals surface area contributed by atoms with Crippen molar-refractivity contribution in [2.45, 2.75) is 43.9 Å². The Labute approximate surface area is 113 Å². The molecule has 0 aliphatic carbocycles. The Bertz CT molecular complexity index is 527. The van der Waals surface area contributed by atoms with Gasteiger partial charge in [-0.25, -0.2) is 0 Å². The van der Waals surface area contributed by atoms with Crippen LogP contribution in [0, 0.1) is 27.7 Å². The SMILES string of the molecule is Cc1ccc(C)c2c1Cc1c(C)ccc(C)c1S2. The average molecular weight is 254 g/mol.